The van der Waals surface area contributed by atoms with E-state index in [1.54, 1.807) is 0 Å². The van der Waals surface area contributed by atoms with Crippen LogP contribution < -0.4 is 52.9 Å². The minimum atomic E-state index is 0. The number of nitrogens with zero attached hydrogens (tertiary/aromatic N) is 10. The topological polar surface area (TPSA) is 73.5 Å². The van der Waals surface area contributed by atoms with Crippen LogP contribution in [0.1, 0.15) is 11.1 Å². The molecule has 3 heterocycles. The Bertz CT molecular complexity index is 1360. The Hall–Kier alpha value is -3.38. The molecule has 0 aliphatic carbocycles. The van der Waals surface area contributed by atoms with Crippen molar-refractivity contribution >= 4 is 34.6 Å². The van der Waals surface area contributed by atoms with Gasteiger partial charge in [-0.3, -0.25) is 0 Å². The predicted molar refractivity (Wildman–Crippen MR) is 148 cm³/mol. The van der Waals surface area contributed by atoms with Crippen molar-refractivity contribution in [2.45, 2.75) is 13.8 Å². The highest BCUT2D eigenvalue weighted by molar-refractivity contribution is 5.62. The van der Waals surface area contributed by atoms with E-state index in [2.05, 4.69) is 68.4 Å². The van der Waals surface area contributed by atoms with Crippen molar-refractivity contribution in [2.75, 3.05) is 36.0 Å². The van der Waals surface area contributed by atoms with Crippen LogP contribution in [0.15, 0.2) is 81.6 Å². The molecule has 0 amide bonds. The van der Waals surface area contributed by atoms with E-state index in [0.29, 0.717) is 0 Å². The molecule has 0 radical (unpaired) electrons. The molecular formula is C28H36Br2N10. The number of azo groups is 2. The van der Waals surface area contributed by atoms with Crippen LogP contribution in [0.3, 0.4) is 0 Å². The highest BCUT2D eigenvalue weighted by Gasteiger charge is 2.20. The summed E-state index contributed by atoms with van der Waals surface area (Å²) in [7, 11) is 7.87. The van der Waals surface area contributed by atoms with Crippen molar-refractivity contribution in [3.63, 3.8) is 0 Å². The summed E-state index contributed by atoms with van der Waals surface area (Å²) >= 11 is 0. The van der Waals surface area contributed by atoms with Gasteiger partial charge in [0.2, 0.25) is 0 Å². The number of benzene rings is 2. The minimum Gasteiger partial charge on any atom is -1.00 e. The van der Waals surface area contributed by atoms with Gasteiger partial charge in [-0.05, 0) is 61.4 Å². The van der Waals surface area contributed by atoms with Crippen LogP contribution >= 0.6 is 0 Å². The largest absolute Gasteiger partial charge is 1.00 e. The van der Waals surface area contributed by atoms with Crippen molar-refractivity contribution in [3.05, 3.63) is 72.3 Å². The summed E-state index contributed by atoms with van der Waals surface area (Å²) < 4.78 is 7.81. The Morgan fingerprint density at radius 3 is 1.27 bits per heavy atom. The molecule has 5 rings (SSSR count). The number of hydrogen-bond acceptors (Lipinski definition) is 6. The molecule has 40 heavy (non-hydrogen) atoms. The summed E-state index contributed by atoms with van der Waals surface area (Å²) in [6.07, 6.45) is 7.87. The zero-order valence-electron chi connectivity index (χ0n) is 23.8. The van der Waals surface area contributed by atoms with Gasteiger partial charge in [0.1, 0.15) is 11.4 Å². The monoisotopic (exact) mass is 670 g/mol. The Balaban J connectivity index is 0.00000220. The second-order valence-electron chi connectivity index (χ2n) is 9.96. The Morgan fingerprint density at radius 2 is 0.975 bits per heavy atom. The molecule has 1 aliphatic heterocycles. The molecule has 0 spiro atoms. The van der Waals surface area contributed by atoms with E-state index >= 15 is 0 Å². The molecule has 10 nitrogen and oxygen atoms in total. The lowest BCUT2D eigenvalue weighted by molar-refractivity contribution is -0.657. The lowest BCUT2D eigenvalue weighted by Gasteiger charge is -2.38. The molecule has 12 heteroatoms. The fraction of sp³-hybridized carbons (Fsp3) is 0.357. The third kappa shape index (κ3) is 6.67. The van der Waals surface area contributed by atoms with E-state index in [1.807, 2.05) is 83.4 Å². The quantitative estimate of drug-likeness (QED) is 0.191. The molecule has 0 bridgehead atoms. The Labute approximate surface area is 256 Å². The number of rotatable bonds is 6. The molecule has 4 aromatic rings. The smallest absolute Gasteiger partial charge is 0.421 e. The van der Waals surface area contributed by atoms with Crippen LogP contribution in [0, 0.1) is 13.8 Å². The first-order valence-electron chi connectivity index (χ1n) is 12.9. The number of hydrogen-bond donors (Lipinski definition) is 0. The number of piperazine rings is 1. The van der Waals surface area contributed by atoms with Gasteiger partial charge in [-0.15, -0.1) is 0 Å². The third-order valence-corrected chi connectivity index (χ3v) is 7.12. The van der Waals surface area contributed by atoms with Crippen LogP contribution in [0.2, 0.25) is 0 Å². The van der Waals surface area contributed by atoms with Gasteiger partial charge >= 0.3 is 11.9 Å². The van der Waals surface area contributed by atoms with Crippen LogP contribution in [0.25, 0.3) is 0 Å². The zero-order valence-corrected chi connectivity index (χ0v) is 27.0. The van der Waals surface area contributed by atoms with E-state index in [4.69, 9.17) is 0 Å². The average Bonchev–Trinajstić information content (AvgIpc) is 3.40. The zero-order chi connectivity index (χ0) is 26.8. The lowest BCUT2D eigenvalue weighted by Crippen LogP contribution is -3.00. The van der Waals surface area contributed by atoms with Gasteiger partial charge in [0.05, 0.1) is 53.0 Å². The van der Waals surface area contributed by atoms with Crippen molar-refractivity contribution in [1.29, 1.82) is 0 Å². The third-order valence-electron chi connectivity index (χ3n) is 7.12. The molecule has 2 aromatic carbocycles. The van der Waals surface area contributed by atoms with Gasteiger partial charge in [0.15, 0.2) is 0 Å². The van der Waals surface area contributed by atoms with Crippen LogP contribution in [0.5, 0.6) is 0 Å². The Kier molecular flexibility index (Phi) is 10.4. The van der Waals surface area contributed by atoms with Gasteiger partial charge in [0.25, 0.3) is 0 Å². The van der Waals surface area contributed by atoms with Crippen LogP contribution in [-0.4, -0.2) is 35.3 Å². The summed E-state index contributed by atoms with van der Waals surface area (Å²) in [5, 5.41) is 17.8. The molecule has 1 aliphatic rings. The second-order valence-corrected chi connectivity index (χ2v) is 9.96. The number of halogens is 2. The molecule has 0 N–H and O–H groups in total. The minimum absolute atomic E-state index is 0. The van der Waals surface area contributed by atoms with Crippen molar-refractivity contribution in [2.24, 2.45) is 48.6 Å². The maximum Gasteiger partial charge on any atom is 0.421 e. The molecule has 1 saturated heterocycles. The molecule has 1 fully saturated rings. The van der Waals surface area contributed by atoms with Gasteiger partial charge < -0.3 is 43.8 Å². The van der Waals surface area contributed by atoms with E-state index in [9.17, 15) is 0 Å². The first-order valence-corrected chi connectivity index (χ1v) is 12.9. The maximum atomic E-state index is 4.46. The van der Waals surface area contributed by atoms with E-state index in [0.717, 1.165) is 49.5 Å². The van der Waals surface area contributed by atoms with Gasteiger partial charge in [-0.1, -0.05) is 10.2 Å². The fourth-order valence-corrected chi connectivity index (χ4v) is 4.95. The van der Waals surface area contributed by atoms with Gasteiger partial charge in [-0.2, -0.15) is 0 Å². The van der Waals surface area contributed by atoms with Crippen molar-refractivity contribution < 1.29 is 43.1 Å². The molecule has 0 unspecified atom stereocenters. The normalized spacial score (nSPS) is 13.7. The molecule has 212 valence electrons. The molecule has 0 saturated carbocycles. The first-order chi connectivity index (χ1) is 18.3. The van der Waals surface area contributed by atoms with Crippen LogP contribution in [0.4, 0.5) is 34.6 Å². The molecule has 2 aromatic heterocycles. The summed E-state index contributed by atoms with van der Waals surface area (Å²) in [5.74, 6) is 1.61. The summed E-state index contributed by atoms with van der Waals surface area (Å²) in [6.45, 7) is 8.15. The Morgan fingerprint density at radius 1 is 0.600 bits per heavy atom. The van der Waals surface area contributed by atoms with Gasteiger partial charge in [0, 0.05) is 47.8 Å². The van der Waals surface area contributed by atoms with E-state index in [-0.39, 0.29) is 34.0 Å². The van der Waals surface area contributed by atoms with Crippen LogP contribution in [-0.2, 0) is 28.2 Å². The van der Waals surface area contributed by atoms with Crippen molar-refractivity contribution in [3.8, 4) is 0 Å². The lowest BCUT2D eigenvalue weighted by atomic mass is 10.1. The second kappa shape index (κ2) is 13.3. The predicted octanol–water partition coefficient (Wildman–Crippen LogP) is -1.21. The van der Waals surface area contributed by atoms with Crippen molar-refractivity contribution in [1.82, 2.24) is 9.13 Å². The SMILES string of the molecule is Cc1cc(/N=N/c2n(C)cc[n+]2C)ccc1N1CCN(c2ccc(/N=N/c3n(C)cc[n+]3C)cc2C)CC1.[Br-].[Br-]. The number of aromatic nitrogens is 4. The number of aryl methyl sites for hydroxylation is 6. The standard InChI is InChI=1S/C28H36N10.2BrH/c1-21-19-23(29-31-27-33(3)11-12-34(27)4)7-9-25(21)37-15-17-38(18-16-37)26-10-8-24(20-22(26)2)30-32-28-35(5)13-14-36(28)6;;/h7-14,19-20H,15-18H2,1-6H3;2*1H/q+2;;/p-2. The van der Waals surface area contributed by atoms with E-state index < -0.39 is 0 Å². The fourth-order valence-electron chi connectivity index (χ4n) is 4.95. The van der Waals surface area contributed by atoms with Gasteiger partial charge in [-0.25, -0.2) is 18.3 Å². The summed E-state index contributed by atoms with van der Waals surface area (Å²) in [6, 6.07) is 12.7. The number of anilines is 2. The summed E-state index contributed by atoms with van der Waals surface area (Å²) in [4.78, 5) is 4.92. The summed E-state index contributed by atoms with van der Waals surface area (Å²) in [5.41, 5.74) is 6.66. The highest BCUT2D eigenvalue weighted by Crippen LogP contribution is 2.30. The highest BCUT2D eigenvalue weighted by atomic mass is 79.9. The maximum absolute atomic E-state index is 4.46. The molecule has 0 atom stereocenters. The average molecular weight is 672 g/mol. The molecular weight excluding hydrogens is 636 g/mol. The van der Waals surface area contributed by atoms with E-state index in [1.165, 1.54) is 22.5 Å². The first kappa shape index (κ1) is 31.2. The number of imidazole rings is 2.